The van der Waals surface area contributed by atoms with Crippen LogP contribution in [0.1, 0.15) is 444 Å². The lowest BCUT2D eigenvalue weighted by Crippen LogP contribution is -2.45. The van der Waals surface area contributed by atoms with E-state index in [-0.39, 0.29) is 18.5 Å². The lowest BCUT2D eigenvalue weighted by atomic mass is 10.0. The van der Waals surface area contributed by atoms with Gasteiger partial charge in [-0.1, -0.05) is 390 Å². The molecule has 0 aromatic rings. The molecule has 0 bridgehead atoms. The largest absolute Gasteiger partial charge is 0.466 e. The number of hydrogen-bond donors (Lipinski definition) is 3. The first-order valence-corrected chi connectivity index (χ1v) is 40.4. The Bertz CT molecular complexity index is 1490. The van der Waals surface area contributed by atoms with Gasteiger partial charge in [0.25, 0.3) is 0 Å². The van der Waals surface area contributed by atoms with Gasteiger partial charge in [0.05, 0.1) is 25.4 Å². The van der Waals surface area contributed by atoms with E-state index in [4.69, 9.17) is 4.74 Å². The zero-order chi connectivity index (χ0) is 64.2. The average Bonchev–Trinajstić information content (AvgIpc) is 3.60. The molecule has 2 unspecified atom stereocenters. The number of carbonyl (C=O) groups excluding carboxylic acids is 2. The van der Waals surface area contributed by atoms with Crippen molar-refractivity contribution in [2.24, 2.45) is 0 Å². The Morgan fingerprint density at radius 3 is 0.876 bits per heavy atom. The number of esters is 1. The normalized spacial score (nSPS) is 12.7. The smallest absolute Gasteiger partial charge is 0.305 e. The molecule has 0 aliphatic carbocycles. The van der Waals surface area contributed by atoms with E-state index in [1.54, 1.807) is 6.08 Å². The Morgan fingerprint density at radius 2 is 0.562 bits per heavy atom. The quantitative estimate of drug-likeness (QED) is 0.0320. The number of aliphatic hydroxyl groups excluding tert-OH is 2. The third-order valence-corrected chi connectivity index (χ3v) is 18.8. The van der Waals surface area contributed by atoms with Crippen LogP contribution in [0.5, 0.6) is 0 Å². The summed E-state index contributed by atoms with van der Waals surface area (Å²) in [6.45, 7) is 4.93. The van der Waals surface area contributed by atoms with Gasteiger partial charge in [0.2, 0.25) is 5.91 Å². The summed E-state index contributed by atoms with van der Waals surface area (Å²) < 4.78 is 5.51. The summed E-state index contributed by atoms with van der Waals surface area (Å²) in [6, 6.07) is -0.629. The van der Waals surface area contributed by atoms with Crippen LogP contribution in [0.2, 0.25) is 0 Å². The van der Waals surface area contributed by atoms with E-state index < -0.39 is 12.1 Å². The predicted molar refractivity (Wildman–Crippen MR) is 393 cm³/mol. The SMILES string of the molecule is CCCCCC/C=C\C/C=C\CCCCCCCCCC(=O)OCCCCCCCCCCCCCC/C=C\CCCCCCCCCCCCCCCCC(=O)NC(CO)C(O)/C=C/CCCCCCCCCCCCCCCCCCCCCCCC. The molecule has 0 rings (SSSR count). The molecular weight excluding hydrogens is 1090 g/mol. The van der Waals surface area contributed by atoms with E-state index in [2.05, 4.69) is 55.6 Å². The van der Waals surface area contributed by atoms with E-state index in [0.717, 1.165) is 51.4 Å². The fraction of sp³-hybridized carbons (Fsp3) is 0.880. The second-order valence-electron chi connectivity index (χ2n) is 27.7. The van der Waals surface area contributed by atoms with Crippen LogP contribution in [0.3, 0.4) is 0 Å². The van der Waals surface area contributed by atoms with Crippen molar-refractivity contribution in [3.05, 3.63) is 48.6 Å². The van der Waals surface area contributed by atoms with Crippen molar-refractivity contribution in [1.82, 2.24) is 5.32 Å². The van der Waals surface area contributed by atoms with Crippen molar-refractivity contribution in [2.45, 2.75) is 456 Å². The Kier molecular flexibility index (Phi) is 76.3. The standard InChI is InChI=1S/C83H157NO5/c1-3-5-7-9-11-13-15-17-19-21-23-24-25-34-37-40-43-47-51-55-59-63-67-71-75-81(86)80(79-85)84-82(87)76-72-68-64-60-56-52-48-44-41-38-35-32-30-28-26-27-29-31-33-36-39-42-46-50-54-58-62-66-70-74-78-89-83(88)77-73-69-65-61-57-53-49-45-22-20-18-16-14-12-10-8-6-4-2/h14,16,20,22,27,29,71,75,80-81,85-86H,3-13,15,17-19,21,23-26,28,30-70,72-74,76-79H2,1-2H3,(H,84,87)/b16-14-,22-20-,29-27-,75-71+. The molecule has 1 amide bonds. The molecule has 6 heteroatoms. The van der Waals surface area contributed by atoms with Crippen molar-refractivity contribution in [2.75, 3.05) is 13.2 Å². The molecule has 0 saturated heterocycles. The van der Waals surface area contributed by atoms with E-state index in [0.29, 0.717) is 19.4 Å². The summed E-state index contributed by atoms with van der Waals surface area (Å²) in [5.74, 6) is -0.0518. The van der Waals surface area contributed by atoms with Gasteiger partial charge in [-0.05, 0) is 89.9 Å². The molecule has 2 atom stereocenters. The van der Waals surface area contributed by atoms with Crippen LogP contribution in [0.25, 0.3) is 0 Å². The summed E-state index contributed by atoms with van der Waals surface area (Å²) in [4.78, 5) is 24.7. The van der Waals surface area contributed by atoms with Crippen LogP contribution in [-0.2, 0) is 14.3 Å². The molecule has 6 nitrogen and oxygen atoms in total. The van der Waals surface area contributed by atoms with Gasteiger partial charge in [-0.15, -0.1) is 0 Å². The molecule has 0 heterocycles. The monoisotopic (exact) mass is 1250 g/mol. The molecule has 0 aliphatic heterocycles. The molecule has 0 fully saturated rings. The summed E-state index contributed by atoms with van der Waals surface area (Å²) >= 11 is 0. The number of aliphatic hydroxyl groups is 2. The molecule has 89 heavy (non-hydrogen) atoms. The van der Waals surface area contributed by atoms with E-state index >= 15 is 0 Å². The zero-order valence-corrected chi connectivity index (χ0v) is 60.2. The summed E-state index contributed by atoms with van der Waals surface area (Å²) in [5.41, 5.74) is 0. The number of carbonyl (C=O) groups is 2. The van der Waals surface area contributed by atoms with E-state index in [1.165, 1.54) is 366 Å². The maximum absolute atomic E-state index is 12.6. The van der Waals surface area contributed by atoms with Gasteiger partial charge in [-0.25, -0.2) is 0 Å². The lowest BCUT2D eigenvalue weighted by Gasteiger charge is -2.20. The van der Waals surface area contributed by atoms with Crippen LogP contribution >= 0.6 is 0 Å². The highest BCUT2D eigenvalue weighted by Gasteiger charge is 2.18. The Labute approximate surface area is 556 Å². The van der Waals surface area contributed by atoms with Crippen molar-refractivity contribution in [1.29, 1.82) is 0 Å². The second kappa shape index (κ2) is 78.3. The first-order valence-electron chi connectivity index (χ1n) is 40.4. The maximum Gasteiger partial charge on any atom is 0.305 e. The molecule has 0 spiro atoms. The van der Waals surface area contributed by atoms with Crippen molar-refractivity contribution < 1.29 is 24.5 Å². The Morgan fingerprint density at radius 1 is 0.315 bits per heavy atom. The Balaban J connectivity index is 3.39. The molecule has 3 N–H and O–H groups in total. The number of allylic oxidation sites excluding steroid dienone is 7. The second-order valence-corrected chi connectivity index (χ2v) is 27.7. The first-order chi connectivity index (χ1) is 44.0. The van der Waals surface area contributed by atoms with Gasteiger partial charge in [-0.3, -0.25) is 9.59 Å². The molecular formula is C83H157NO5. The molecule has 524 valence electrons. The molecule has 0 radical (unpaired) electrons. The third-order valence-electron chi connectivity index (χ3n) is 18.8. The summed E-state index contributed by atoms with van der Waals surface area (Å²) in [6.07, 6.45) is 104. The first kappa shape index (κ1) is 86.8. The van der Waals surface area contributed by atoms with Crippen LogP contribution in [0.4, 0.5) is 0 Å². The lowest BCUT2D eigenvalue weighted by molar-refractivity contribution is -0.143. The maximum atomic E-state index is 12.6. The number of unbranched alkanes of at least 4 members (excludes halogenated alkanes) is 59. The molecule has 0 aromatic heterocycles. The fourth-order valence-corrected chi connectivity index (χ4v) is 12.7. The number of nitrogens with one attached hydrogen (secondary N) is 1. The predicted octanol–water partition coefficient (Wildman–Crippen LogP) is 26.8. The minimum atomic E-state index is -0.846. The van der Waals surface area contributed by atoms with E-state index in [9.17, 15) is 19.8 Å². The fourth-order valence-electron chi connectivity index (χ4n) is 12.7. The minimum absolute atomic E-state index is 0.0101. The van der Waals surface area contributed by atoms with Gasteiger partial charge in [0.15, 0.2) is 0 Å². The van der Waals surface area contributed by atoms with E-state index in [1.807, 2.05) is 6.08 Å². The van der Waals surface area contributed by atoms with Crippen LogP contribution in [-0.4, -0.2) is 47.4 Å². The average molecular weight is 1250 g/mol. The topological polar surface area (TPSA) is 95.9 Å². The van der Waals surface area contributed by atoms with Crippen LogP contribution in [0.15, 0.2) is 48.6 Å². The summed E-state index contributed by atoms with van der Waals surface area (Å²) in [5, 5.41) is 23.3. The highest BCUT2D eigenvalue weighted by atomic mass is 16.5. The van der Waals surface area contributed by atoms with Gasteiger partial charge < -0.3 is 20.3 Å². The minimum Gasteiger partial charge on any atom is -0.466 e. The van der Waals surface area contributed by atoms with Crippen LogP contribution in [0, 0.1) is 0 Å². The molecule has 0 saturated carbocycles. The third kappa shape index (κ3) is 74.7. The van der Waals surface area contributed by atoms with Gasteiger partial charge in [-0.2, -0.15) is 0 Å². The zero-order valence-electron chi connectivity index (χ0n) is 60.2. The van der Waals surface area contributed by atoms with Crippen molar-refractivity contribution >= 4 is 11.9 Å². The number of hydrogen-bond acceptors (Lipinski definition) is 5. The Hall–Kier alpha value is -2.18. The summed E-state index contributed by atoms with van der Waals surface area (Å²) in [7, 11) is 0. The highest BCUT2D eigenvalue weighted by molar-refractivity contribution is 5.76. The van der Waals surface area contributed by atoms with Gasteiger partial charge >= 0.3 is 5.97 Å². The van der Waals surface area contributed by atoms with Crippen molar-refractivity contribution in [3.63, 3.8) is 0 Å². The molecule has 0 aromatic carbocycles. The van der Waals surface area contributed by atoms with Crippen LogP contribution < -0.4 is 5.32 Å². The molecule has 0 aliphatic rings. The van der Waals surface area contributed by atoms with Gasteiger partial charge in [0, 0.05) is 12.8 Å². The number of amides is 1. The highest BCUT2D eigenvalue weighted by Crippen LogP contribution is 2.19. The van der Waals surface area contributed by atoms with Gasteiger partial charge in [0.1, 0.15) is 0 Å². The van der Waals surface area contributed by atoms with Crippen molar-refractivity contribution in [3.8, 4) is 0 Å². The number of ether oxygens (including phenoxy) is 1. The number of rotatable bonds is 76.